The third kappa shape index (κ3) is 1.45. The quantitative estimate of drug-likeness (QED) is 0.507. The molecule has 1 heterocycles. The monoisotopic (exact) mass is 162 g/mol. The van der Waals surface area contributed by atoms with E-state index >= 15 is 0 Å². The van der Waals surface area contributed by atoms with Crippen molar-refractivity contribution in [3.05, 3.63) is 0 Å². The number of carbonyl (C=O) groups excluding carboxylic acids is 1. The molecule has 1 fully saturated rings. The molecule has 1 aliphatic rings. The molecule has 0 aromatic carbocycles. The van der Waals surface area contributed by atoms with Crippen LogP contribution in [0.4, 0.5) is 4.79 Å². The lowest BCUT2D eigenvalue weighted by atomic mass is 10.5. The first-order valence-corrected chi connectivity index (χ1v) is 4.70. The van der Waals surface area contributed by atoms with Crippen LogP contribution in [0.1, 0.15) is 0 Å². The van der Waals surface area contributed by atoms with Crippen LogP contribution in [0.15, 0.2) is 0 Å². The minimum atomic E-state index is -1.11. The average molecular weight is 162 g/mol. The van der Waals surface area contributed by atoms with E-state index in [9.17, 15) is 9.59 Å². The smallest absolute Gasteiger partial charge is 0.414 e. The van der Waals surface area contributed by atoms with E-state index in [4.69, 9.17) is 5.11 Å². The highest BCUT2D eigenvalue weighted by Gasteiger charge is 2.26. The molecule has 1 atom stereocenters. The molecule has 2 amide bonds. The van der Waals surface area contributed by atoms with Gasteiger partial charge in [0.2, 0.25) is 0 Å². The third-order valence-electron chi connectivity index (χ3n) is 1.41. The fourth-order valence-electron chi connectivity index (χ4n) is 0.883. The Morgan fingerprint density at radius 2 is 2.40 bits per heavy atom. The Morgan fingerprint density at radius 1 is 1.70 bits per heavy atom. The first-order chi connectivity index (χ1) is 4.72. The summed E-state index contributed by atoms with van der Waals surface area (Å²) < 4.78 is 0. The van der Waals surface area contributed by atoms with Crippen LogP contribution in [0, 0.1) is 0 Å². The molecule has 1 saturated heterocycles. The van der Waals surface area contributed by atoms with Crippen molar-refractivity contribution in [3.8, 4) is 0 Å². The van der Waals surface area contributed by atoms with Gasteiger partial charge in [-0.05, 0) is 8.58 Å². The number of rotatable bonds is 0. The van der Waals surface area contributed by atoms with E-state index in [1.165, 1.54) is 0 Å². The van der Waals surface area contributed by atoms with Gasteiger partial charge in [-0.3, -0.25) is 4.79 Å². The second-order valence-electron chi connectivity index (χ2n) is 2.11. The number of carbonyl (C=O) groups is 2. The highest BCUT2D eigenvalue weighted by atomic mass is 31.1. The number of amides is 2. The molecule has 1 rings (SSSR count). The molecule has 1 aliphatic heterocycles. The molecule has 1 unspecified atom stereocenters. The van der Waals surface area contributed by atoms with Gasteiger partial charge in [0, 0.05) is 0 Å². The van der Waals surface area contributed by atoms with Crippen LogP contribution in [0.5, 0.6) is 0 Å². The highest BCUT2D eigenvalue weighted by Crippen LogP contribution is 2.16. The van der Waals surface area contributed by atoms with Gasteiger partial charge in [-0.2, -0.15) is 0 Å². The summed E-state index contributed by atoms with van der Waals surface area (Å²) in [5.41, 5.74) is 0. The molecule has 4 nitrogen and oxygen atoms in total. The molecular weight excluding hydrogens is 153 g/mol. The Kier molecular flexibility index (Phi) is 2.22. The van der Waals surface area contributed by atoms with E-state index in [0.29, 0.717) is 12.7 Å². The lowest BCUT2D eigenvalue weighted by Crippen LogP contribution is -2.41. The van der Waals surface area contributed by atoms with E-state index < -0.39 is 6.09 Å². The molecule has 0 radical (unpaired) electrons. The number of hydrogen-bond donors (Lipinski definition) is 1. The fraction of sp³-hybridized carbons (Fsp3) is 0.600. The minimum Gasteiger partial charge on any atom is -0.465 e. The Bertz CT molecular complexity index is 170. The Hall–Kier alpha value is -0.630. The van der Waals surface area contributed by atoms with Crippen molar-refractivity contribution < 1.29 is 14.7 Å². The Morgan fingerprint density at radius 3 is 2.80 bits per heavy atom. The molecule has 1 N–H and O–H groups in total. The van der Waals surface area contributed by atoms with Crippen molar-refractivity contribution in [1.82, 2.24) is 4.90 Å². The second kappa shape index (κ2) is 2.97. The summed E-state index contributed by atoms with van der Waals surface area (Å²) in [6.45, 7) is 0.406. The van der Waals surface area contributed by atoms with Crippen LogP contribution < -0.4 is 0 Å². The number of carboxylic acid groups (broad SMARTS) is 1. The number of imide groups is 1. The lowest BCUT2D eigenvalue weighted by molar-refractivity contribution is -0.126. The van der Waals surface area contributed by atoms with Crippen molar-refractivity contribution in [2.75, 3.05) is 18.9 Å². The topological polar surface area (TPSA) is 57.6 Å². The van der Waals surface area contributed by atoms with Crippen LogP contribution in [-0.2, 0) is 4.79 Å². The van der Waals surface area contributed by atoms with Crippen LogP contribution in [0.2, 0.25) is 0 Å². The van der Waals surface area contributed by atoms with Gasteiger partial charge in [-0.15, -0.1) is 0 Å². The summed E-state index contributed by atoms with van der Waals surface area (Å²) in [7, 11) is 0.174. The van der Waals surface area contributed by atoms with Crippen molar-refractivity contribution >= 4 is 20.6 Å². The molecule has 0 aliphatic carbocycles. The second-order valence-corrected chi connectivity index (χ2v) is 3.67. The molecule has 56 valence electrons. The fourth-order valence-corrected chi connectivity index (χ4v) is 2.00. The van der Waals surface area contributed by atoms with Gasteiger partial charge in [0.25, 0.3) is 5.91 Å². The summed E-state index contributed by atoms with van der Waals surface area (Å²) in [6.07, 6.45) is 0.244. The van der Waals surface area contributed by atoms with Crippen molar-refractivity contribution in [3.63, 3.8) is 0 Å². The minimum absolute atomic E-state index is 0.174. The number of hydrogen-bond acceptors (Lipinski definition) is 2. The zero-order valence-corrected chi connectivity index (χ0v) is 6.56. The maximum atomic E-state index is 10.8. The molecule has 0 spiro atoms. The molecule has 0 aromatic heterocycles. The molecule has 0 bridgehead atoms. The molecular formula is C5H9NO3P+. The molecule has 5 heteroatoms. The Labute approximate surface area is 60.0 Å². The van der Waals surface area contributed by atoms with E-state index in [0.717, 1.165) is 11.1 Å². The predicted molar refractivity (Wildman–Crippen MR) is 39.2 cm³/mol. The largest absolute Gasteiger partial charge is 0.465 e. The van der Waals surface area contributed by atoms with Gasteiger partial charge < -0.3 is 5.11 Å². The Balaban J connectivity index is 2.56. The normalized spacial score (nSPS) is 21.6. The zero-order valence-electron chi connectivity index (χ0n) is 5.41. The summed E-state index contributed by atoms with van der Waals surface area (Å²) in [6, 6.07) is 0. The van der Waals surface area contributed by atoms with Gasteiger partial charge in [0.1, 0.15) is 6.16 Å². The summed E-state index contributed by atoms with van der Waals surface area (Å²) in [5, 5.41) is 8.42. The SMILES string of the molecule is O=C(O)N1CC[PH2+]CC1=O. The first kappa shape index (κ1) is 7.48. The average Bonchev–Trinajstić information content (AvgIpc) is 1.88. The summed E-state index contributed by atoms with van der Waals surface area (Å²) >= 11 is 0. The van der Waals surface area contributed by atoms with Crippen LogP contribution in [0.3, 0.4) is 0 Å². The molecule has 0 aromatic rings. The van der Waals surface area contributed by atoms with Crippen molar-refractivity contribution in [2.45, 2.75) is 0 Å². The predicted octanol–water partition coefficient (Wildman–Crippen LogP) is -0.0826. The van der Waals surface area contributed by atoms with E-state index in [1.54, 1.807) is 0 Å². The van der Waals surface area contributed by atoms with E-state index in [1.807, 2.05) is 0 Å². The van der Waals surface area contributed by atoms with Gasteiger partial charge in [-0.25, -0.2) is 9.69 Å². The van der Waals surface area contributed by atoms with Gasteiger partial charge in [-0.1, -0.05) is 0 Å². The zero-order chi connectivity index (χ0) is 7.56. The summed E-state index contributed by atoms with van der Waals surface area (Å²) in [5.74, 6) is -0.228. The van der Waals surface area contributed by atoms with Crippen molar-refractivity contribution in [2.24, 2.45) is 0 Å². The molecule has 0 saturated carbocycles. The van der Waals surface area contributed by atoms with E-state index in [-0.39, 0.29) is 14.5 Å². The van der Waals surface area contributed by atoms with Gasteiger partial charge in [0.15, 0.2) is 0 Å². The highest BCUT2D eigenvalue weighted by molar-refractivity contribution is 7.39. The maximum Gasteiger partial charge on any atom is 0.414 e. The maximum absolute atomic E-state index is 10.8. The molecule has 10 heavy (non-hydrogen) atoms. The summed E-state index contributed by atoms with van der Waals surface area (Å²) in [4.78, 5) is 22.0. The van der Waals surface area contributed by atoms with Gasteiger partial charge in [0.05, 0.1) is 12.7 Å². The standard InChI is InChI=1S/C5H8NO3P/c7-4-3-10-2-1-6(4)5(8)9/h10H,1-3H2,(H,8,9)/p+1. The van der Waals surface area contributed by atoms with Crippen LogP contribution in [-0.4, -0.2) is 40.9 Å². The van der Waals surface area contributed by atoms with Crippen molar-refractivity contribution in [1.29, 1.82) is 0 Å². The first-order valence-electron chi connectivity index (χ1n) is 3.07. The number of nitrogens with zero attached hydrogens (tertiary/aromatic N) is 1. The van der Waals surface area contributed by atoms with E-state index in [2.05, 4.69) is 0 Å². The lowest BCUT2D eigenvalue weighted by Gasteiger charge is -2.17. The third-order valence-corrected chi connectivity index (χ3v) is 2.71. The van der Waals surface area contributed by atoms with Crippen LogP contribution >= 0.6 is 8.58 Å². The van der Waals surface area contributed by atoms with Crippen LogP contribution in [0.25, 0.3) is 0 Å². The van der Waals surface area contributed by atoms with Gasteiger partial charge >= 0.3 is 6.09 Å².